The molecule has 0 fully saturated rings. The minimum absolute atomic E-state index is 0.0986. The number of aromatic hydroxyl groups is 2. The number of phenolic OH excluding ortho intramolecular Hbond substituents is 2. The van der Waals surface area contributed by atoms with E-state index in [9.17, 15) is 10.2 Å². The lowest BCUT2D eigenvalue weighted by atomic mass is 10.0. The van der Waals surface area contributed by atoms with Crippen LogP contribution < -0.4 is 5.32 Å². The van der Waals surface area contributed by atoms with Gasteiger partial charge < -0.3 is 15.5 Å². The lowest BCUT2D eigenvalue weighted by Crippen LogP contribution is -2.22. The van der Waals surface area contributed by atoms with Crippen molar-refractivity contribution in [2.24, 2.45) is 0 Å². The maximum Gasteiger partial charge on any atom is 0.124 e. The monoisotopic (exact) mass is 335 g/mol. The molecule has 0 aliphatic carbocycles. The molecule has 3 nitrogen and oxygen atoms in total. The van der Waals surface area contributed by atoms with Gasteiger partial charge in [-0.05, 0) is 43.7 Å². The van der Waals surface area contributed by atoms with Crippen molar-refractivity contribution in [3.8, 4) is 11.5 Å². The van der Waals surface area contributed by atoms with Gasteiger partial charge in [0.1, 0.15) is 11.5 Å². The molecule has 2 unspecified atom stereocenters. The average Bonchev–Trinajstić information content (AvgIpc) is 2.38. The normalized spacial score (nSPS) is 13.9. The van der Waals surface area contributed by atoms with Crippen LogP contribution in [0.1, 0.15) is 37.1 Å². The number of nitrogens with one attached hydrogen (secondary N) is 1. The van der Waals surface area contributed by atoms with Crippen molar-refractivity contribution in [1.29, 1.82) is 0 Å². The van der Waals surface area contributed by atoms with Crippen LogP contribution in [-0.2, 0) is 0 Å². The summed E-state index contributed by atoms with van der Waals surface area (Å²) < 4.78 is 1.03. The van der Waals surface area contributed by atoms with E-state index in [2.05, 4.69) is 34.2 Å². The van der Waals surface area contributed by atoms with E-state index in [1.165, 1.54) is 0 Å². The van der Waals surface area contributed by atoms with Crippen LogP contribution in [0.5, 0.6) is 11.5 Å². The predicted octanol–water partition coefficient (Wildman–Crippen LogP) is 4.27. The van der Waals surface area contributed by atoms with Crippen molar-refractivity contribution >= 4 is 15.9 Å². The molecule has 0 aliphatic heterocycles. The van der Waals surface area contributed by atoms with Gasteiger partial charge in [0.2, 0.25) is 0 Å². The van der Waals surface area contributed by atoms with E-state index in [0.717, 1.165) is 10.0 Å². The van der Waals surface area contributed by atoms with Crippen LogP contribution >= 0.6 is 15.9 Å². The molecule has 20 heavy (non-hydrogen) atoms. The van der Waals surface area contributed by atoms with Crippen LogP contribution in [0.15, 0.2) is 46.9 Å². The summed E-state index contributed by atoms with van der Waals surface area (Å²) in [5.41, 5.74) is 1.66. The summed E-state index contributed by atoms with van der Waals surface area (Å²) in [5, 5.41) is 23.1. The van der Waals surface area contributed by atoms with E-state index >= 15 is 0 Å². The molecule has 0 radical (unpaired) electrons. The molecule has 0 heterocycles. The van der Waals surface area contributed by atoms with Crippen molar-refractivity contribution in [3.05, 3.63) is 58.1 Å². The van der Waals surface area contributed by atoms with Crippen LogP contribution in [-0.4, -0.2) is 10.2 Å². The summed E-state index contributed by atoms with van der Waals surface area (Å²) in [4.78, 5) is 0. The van der Waals surface area contributed by atoms with Crippen molar-refractivity contribution < 1.29 is 10.2 Å². The molecule has 2 rings (SSSR count). The SMILES string of the molecule is CC(NC(C)c1c(O)cccc1O)c1cccc(Br)c1. The molecule has 0 spiro atoms. The Hall–Kier alpha value is -1.52. The number of halogens is 1. The zero-order chi connectivity index (χ0) is 14.7. The van der Waals surface area contributed by atoms with Gasteiger partial charge in [0, 0.05) is 16.6 Å². The largest absolute Gasteiger partial charge is 0.507 e. The summed E-state index contributed by atoms with van der Waals surface area (Å²) in [6.45, 7) is 3.97. The lowest BCUT2D eigenvalue weighted by Gasteiger charge is -2.22. The third-order valence-electron chi connectivity index (χ3n) is 3.34. The second-order valence-electron chi connectivity index (χ2n) is 4.87. The highest BCUT2D eigenvalue weighted by Crippen LogP contribution is 2.33. The Kier molecular flexibility index (Phi) is 4.68. The molecule has 0 saturated carbocycles. The molecule has 2 aromatic rings. The maximum atomic E-state index is 9.88. The zero-order valence-electron chi connectivity index (χ0n) is 11.5. The van der Waals surface area contributed by atoms with E-state index in [0.29, 0.717) is 5.56 Å². The topological polar surface area (TPSA) is 52.5 Å². The van der Waals surface area contributed by atoms with Gasteiger partial charge in [-0.15, -0.1) is 0 Å². The Balaban J connectivity index is 2.17. The molecule has 2 atom stereocenters. The summed E-state index contributed by atoms with van der Waals surface area (Å²) in [5.74, 6) is 0.206. The third kappa shape index (κ3) is 3.32. The Bertz CT molecular complexity index is 581. The van der Waals surface area contributed by atoms with Gasteiger partial charge >= 0.3 is 0 Å². The van der Waals surface area contributed by atoms with E-state index in [4.69, 9.17) is 0 Å². The van der Waals surface area contributed by atoms with E-state index in [1.807, 2.05) is 25.1 Å². The van der Waals surface area contributed by atoms with Crippen molar-refractivity contribution in [1.82, 2.24) is 5.32 Å². The van der Waals surface area contributed by atoms with Crippen LogP contribution in [0, 0.1) is 0 Å². The standard InChI is InChI=1S/C16H18BrNO2/c1-10(12-5-3-6-13(17)9-12)18-11(2)16-14(19)7-4-8-15(16)20/h3-11,18-20H,1-2H3. The summed E-state index contributed by atoms with van der Waals surface area (Å²) >= 11 is 3.46. The first-order chi connectivity index (χ1) is 9.49. The number of hydrogen-bond acceptors (Lipinski definition) is 3. The molecule has 0 aromatic heterocycles. The highest BCUT2D eigenvalue weighted by atomic mass is 79.9. The number of benzene rings is 2. The molecule has 2 aromatic carbocycles. The Morgan fingerprint density at radius 2 is 1.55 bits per heavy atom. The first kappa shape index (κ1) is 14.9. The molecule has 106 valence electrons. The molecule has 0 bridgehead atoms. The van der Waals surface area contributed by atoms with E-state index < -0.39 is 0 Å². The Morgan fingerprint density at radius 1 is 0.950 bits per heavy atom. The predicted molar refractivity (Wildman–Crippen MR) is 83.9 cm³/mol. The first-order valence-electron chi connectivity index (χ1n) is 6.51. The number of phenols is 2. The van der Waals surface area contributed by atoms with E-state index in [1.54, 1.807) is 18.2 Å². The summed E-state index contributed by atoms with van der Waals surface area (Å²) in [7, 11) is 0. The minimum atomic E-state index is -0.162. The van der Waals surface area contributed by atoms with Gasteiger partial charge in [-0.1, -0.05) is 34.1 Å². The van der Waals surface area contributed by atoms with Crippen molar-refractivity contribution in [2.75, 3.05) is 0 Å². The number of hydrogen-bond donors (Lipinski definition) is 3. The number of rotatable bonds is 4. The van der Waals surface area contributed by atoms with Gasteiger partial charge in [-0.2, -0.15) is 0 Å². The fraction of sp³-hybridized carbons (Fsp3) is 0.250. The fourth-order valence-corrected chi connectivity index (χ4v) is 2.73. The quantitative estimate of drug-likeness (QED) is 0.781. The Labute approximate surface area is 127 Å². The summed E-state index contributed by atoms with van der Waals surface area (Å²) in [6.07, 6.45) is 0. The van der Waals surface area contributed by atoms with E-state index in [-0.39, 0.29) is 23.6 Å². The first-order valence-corrected chi connectivity index (χ1v) is 7.30. The van der Waals surface area contributed by atoms with Gasteiger partial charge in [0.05, 0.1) is 5.56 Å². The van der Waals surface area contributed by atoms with Gasteiger partial charge in [-0.25, -0.2) is 0 Å². The van der Waals surface area contributed by atoms with Crippen LogP contribution in [0.4, 0.5) is 0 Å². The molecule has 0 amide bonds. The van der Waals surface area contributed by atoms with Crippen LogP contribution in [0.2, 0.25) is 0 Å². The molecule has 4 heteroatoms. The van der Waals surface area contributed by atoms with Crippen molar-refractivity contribution in [2.45, 2.75) is 25.9 Å². The molecular weight excluding hydrogens is 318 g/mol. The summed E-state index contributed by atoms with van der Waals surface area (Å²) in [6, 6.07) is 12.8. The highest BCUT2D eigenvalue weighted by molar-refractivity contribution is 9.10. The molecule has 3 N–H and O–H groups in total. The van der Waals surface area contributed by atoms with Crippen LogP contribution in [0.3, 0.4) is 0 Å². The van der Waals surface area contributed by atoms with Gasteiger partial charge in [0.15, 0.2) is 0 Å². The van der Waals surface area contributed by atoms with Crippen LogP contribution in [0.25, 0.3) is 0 Å². The molecule has 0 aliphatic rings. The highest BCUT2D eigenvalue weighted by Gasteiger charge is 2.17. The fourth-order valence-electron chi connectivity index (χ4n) is 2.32. The average molecular weight is 336 g/mol. The van der Waals surface area contributed by atoms with Gasteiger partial charge in [0.25, 0.3) is 0 Å². The Morgan fingerprint density at radius 3 is 2.15 bits per heavy atom. The third-order valence-corrected chi connectivity index (χ3v) is 3.84. The zero-order valence-corrected chi connectivity index (χ0v) is 13.1. The van der Waals surface area contributed by atoms with Gasteiger partial charge in [-0.3, -0.25) is 0 Å². The second-order valence-corrected chi connectivity index (χ2v) is 5.79. The second kappa shape index (κ2) is 6.29. The smallest absolute Gasteiger partial charge is 0.124 e. The van der Waals surface area contributed by atoms with Crippen molar-refractivity contribution in [3.63, 3.8) is 0 Å². The lowest BCUT2D eigenvalue weighted by molar-refractivity contribution is 0.407. The minimum Gasteiger partial charge on any atom is -0.507 e. The molecular formula is C16H18BrNO2. The molecule has 0 saturated heterocycles. The maximum absolute atomic E-state index is 9.88.